The highest BCUT2D eigenvalue weighted by Crippen LogP contribution is 2.23. The van der Waals surface area contributed by atoms with Gasteiger partial charge in [-0.3, -0.25) is 5.32 Å². The van der Waals surface area contributed by atoms with E-state index >= 15 is 0 Å². The third-order valence-electron chi connectivity index (χ3n) is 1.65. The fourth-order valence-electron chi connectivity index (χ4n) is 0.974. The summed E-state index contributed by atoms with van der Waals surface area (Å²) in [6, 6.07) is 0. The van der Waals surface area contributed by atoms with Crippen molar-refractivity contribution in [1.29, 1.82) is 0 Å². The van der Waals surface area contributed by atoms with E-state index in [1.54, 1.807) is 13.8 Å². The smallest absolute Gasteiger partial charge is 0.413 e. The van der Waals surface area contributed by atoms with Crippen LogP contribution < -0.4 is 5.32 Å². The van der Waals surface area contributed by atoms with E-state index in [4.69, 9.17) is 4.74 Å². The molecule has 1 aromatic heterocycles. The molecular formula is C9H12N2O4S. The van der Waals surface area contributed by atoms with Crippen molar-refractivity contribution in [1.82, 2.24) is 4.98 Å². The van der Waals surface area contributed by atoms with Gasteiger partial charge in [0.1, 0.15) is 4.88 Å². The molecule has 1 amide bonds. The lowest BCUT2D eigenvalue weighted by atomic mass is 10.4. The van der Waals surface area contributed by atoms with Crippen molar-refractivity contribution >= 4 is 28.5 Å². The predicted molar refractivity (Wildman–Crippen MR) is 58.8 cm³/mol. The lowest BCUT2D eigenvalue weighted by Crippen LogP contribution is -2.10. The van der Waals surface area contributed by atoms with E-state index in [9.17, 15) is 9.59 Å². The van der Waals surface area contributed by atoms with E-state index in [-0.39, 0.29) is 0 Å². The highest BCUT2D eigenvalue weighted by atomic mass is 32.1. The first-order valence-corrected chi connectivity index (χ1v) is 5.39. The maximum atomic E-state index is 11.4. The van der Waals surface area contributed by atoms with Crippen LogP contribution in [-0.4, -0.2) is 30.8 Å². The van der Waals surface area contributed by atoms with Gasteiger partial charge in [0, 0.05) is 0 Å². The first-order chi connectivity index (χ1) is 7.58. The molecule has 1 rings (SSSR count). The SMILES string of the molecule is CCOC(=O)c1sc(NC(=O)OC)nc1C. The molecule has 0 atom stereocenters. The van der Waals surface area contributed by atoms with Gasteiger partial charge < -0.3 is 9.47 Å². The van der Waals surface area contributed by atoms with Crippen LogP contribution in [0.5, 0.6) is 0 Å². The zero-order chi connectivity index (χ0) is 12.1. The van der Waals surface area contributed by atoms with E-state index in [0.717, 1.165) is 11.3 Å². The minimum absolute atomic E-state index is 0.302. The van der Waals surface area contributed by atoms with Gasteiger partial charge in [0.15, 0.2) is 5.13 Å². The first-order valence-electron chi connectivity index (χ1n) is 4.58. The number of anilines is 1. The number of hydrogen-bond donors (Lipinski definition) is 1. The van der Waals surface area contributed by atoms with Crippen molar-refractivity contribution in [2.45, 2.75) is 13.8 Å². The third kappa shape index (κ3) is 2.93. The molecule has 0 radical (unpaired) electrons. The number of nitrogens with one attached hydrogen (secondary N) is 1. The molecule has 0 fully saturated rings. The Morgan fingerprint density at radius 1 is 1.50 bits per heavy atom. The predicted octanol–water partition coefficient (Wildman–Crippen LogP) is 1.81. The lowest BCUT2D eigenvalue weighted by molar-refractivity contribution is 0.0531. The zero-order valence-electron chi connectivity index (χ0n) is 9.20. The second-order valence-corrected chi connectivity index (χ2v) is 3.77. The minimum Gasteiger partial charge on any atom is -0.462 e. The van der Waals surface area contributed by atoms with Crippen molar-refractivity contribution < 1.29 is 19.1 Å². The molecule has 1 N–H and O–H groups in total. The van der Waals surface area contributed by atoms with Gasteiger partial charge in [-0.2, -0.15) is 0 Å². The Morgan fingerprint density at radius 2 is 2.19 bits per heavy atom. The molecule has 0 aromatic carbocycles. The minimum atomic E-state index is -0.621. The summed E-state index contributed by atoms with van der Waals surface area (Å²) in [5.41, 5.74) is 0.523. The topological polar surface area (TPSA) is 77.5 Å². The molecule has 7 heteroatoms. The van der Waals surface area contributed by atoms with Crippen LogP contribution in [0.25, 0.3) is 0 Å². The number of esters is 1. The standard InChI is InChI=1S/C9H12N2O4S/c1-4-15-7(12)6-5(2)10-8(16-6)11-9(13)14-3/h4H2,1-3H3,(H,10,11,13). The Hall–Kier alpha value is -1.63. The molecule has 0 saturated heterocycles. The molecule has 0 aliphatic carbocycles. The quantitative estimate of drug-likeness (QED) is 0.820. The van der Waals surface area contributed by atoms with Crippen molar-refractivity contribution in [3.05, 3.63) is 10.6 Å². The number of aromatic nitrogens is 1. The summed E-state index contributed by atoms with van der Waals surface area (Å²) in [6.45, 7) is 3.70. The average molecular weight is 244 g/mol. The molecule has 0 aliphatic heterocycles. The number of carbonyl (C=O) groups excluding carboxylic acids is 2. The van der Waals surface area contributed by atoms with Crippen LogP contribution in [-0.2, 0) is 9.47 Å². The maximum Gasteiger partial charge on any atom is 0.413 e. The van der Waals surface area contributed by atoms with Gasteiger partial charge >= 0.3 is 12.1 Å². The molecule has 0 aliphatic rings. The van der Waals surface area contributed by atoms with Gasteiger partial charge in [-0.05, 0) is 13.8 Å². The summed E-state index contributed by atoms with van der Waals surface area (Å²) >= 11 is 1.05. The lowest BCUT2D eigenvalue weighted by Gasteiger charge is -1.98. The number of rotatable bonds is 3. The van der Waals surface area contributed by atoms with Crippen LogP contribution in [0.3, 0.4) is 0 Å². The van der Waals surface area contributed by atoms with Gasteiger partial charge in [-0.25, -0.2) is 14.6 Å². The fourth-order valence-corrected chi connectivity index (χ4v) is 1.82. The van der Waals surface area contributed by atoms with Crippen molar-refractivity contribution in [3.8, 4) is 0 Å². The van der Waals surface area contributed by atoms with E-state index < -0.39 is 12.1 Å². The molecule has 16 heavy (non-hydrogen) atoms. The Balaban J connectivity index is 2.81. The Bertz CT molecular complexity index is 402. The van der Waals surface area contributed by atoms with Crippen LogP contribution >= 0.6 is 11.3 Å². The van der Waals surface area contributed by atoms with Gasteiger partial charge in [-0.1, -0.05) is 11.3 Å². The number of amides is 1. The van der Waals surface area contributed by atoms with Crippen LogP contribution in [0.4, 0.5) is 9.93 Å². The highest BCUT2D eigenvalue weighted by molar-refractivity contribution is 7.17. The van der Waals surface area contributed by atoms with Gasteiger partial charge in [0.25, 0.3) is 0 Å². The largest absolute Gasteiger partial charge is 0.462 e. The molecule has 1 aromatic rings. The monoisotopic (exact) mass is 244 g/mol. The molecule has 1 heterocycles. The number of thiazole rings is 1. The van der Waals surface area contributed by atoms with Crippen LogP contribution in [0.1, 0.15) is 22.3 Å². The van der Waals surface area contributed by atoms with Crippen LogP contribution in [0.2, 0.25) is 0 Å². The molecule has 0 saturated carbocycles. The van der Waals surface area contributed by atoms with E-state index in [1.807, 2.05) is 0 Å². The summed E-state index contributed by atoms with van der Waals surface area (Å²) in [4.78, 5) is 26.7. The average Bonchev–Trinajstić information content (AvgIpc) is 2.59. The summed E-state index contributed by atoms with van der Waals surface area (Å²) in [5, 5.41) is 2.70. The van der Waals surface area contributed by atoms with Crippen LogP contribution in [0.15, 0.2) is 0 Å². The normalized spacial score (nSPS) is 9.69. The second kappa shape index (κ2) is 5.45. The van der Waals surface area contributed by atoms with Gasteiger partial charge in [0.2, 0.25) is 0 Å². The number of carbonyl (C=O) groups is 2. The Labute approximate surface area is 96.6 Å². The van der Waals surface area contributed by atoms with Crippen molar-refractivity contribution in [2.75, 3.05) is 19.0 Å². The van der Waals surface area contributed by atoms with Crippen molar-refractivity contribution in [3.63, 3.8) is 0 Å². The fraction of sp³-hybridized carbons (Fsp3) is 0.444. The molecule has 88 valence electrons. The molecule has 0 unspecified atom stereocenters. The number of hydrogen-bond acceptors (Lipinski definition) is 6. The van der Waals surface area contributed by atoms with E-state index in [2.05, 4.69) is 15.0 Å². The summed E-state index contributed by atoms with van der Waals surface area (Å²) in [7, 11) is 1.25. The third-order valence-corrected chi connectivity index (χ3v) is 2.70. The second-order valence-electron chi connectivity index (χ2n) is 2.77. The molecule has 6 nitrogen and oxygen atoms in total. The van der Waals surface area contributed by atoms with Crippen molar-refractivity contribution in [2.24, 2.45) is 0 Å². The van der Waals surface area contributed by atoms with Crippen LogP contribution in [0, 0.1) is 6.92 Å². The first kappa shape index (κ1) is 12.4. The van der Waals surface area contributed by atoms with Gasteiger partial charge in [-0.15, -0.1) is 0 Å². The van der Waals surface area contributed by atoms with E-state index in [1.165, 1.54) is 7.11 Å². The summed E-state index contributed by atoms with van der Waals surface area (Å²) < 4.78 is 9.25. The summed E-state index contributed by atoms with van der Waals surface area (Å²) in [5.74, 6) is -0.435. The van der Waals surface area contributed by atoms with E-state index in [0.29, 0.717) is 22.3 Å². The number of methoxy groups -OCH3 is 1. The highest BCUT2D eigenvalue weighted by Gasteiger charge is 2.17. The molecule has 0 spiro atoms. The Morgan fingerprint density at radius 3 is 2.75 bits per heavy atom. The maximum absolute atomic E-state index is 11.4. The number of aryl methyl sites for hydroxylation is 1. The number of nitrogens with zero attached hydrogens (tertiary/aromatic N) is 1. The number of ether oxygens (including phenoxy) is 2. The van der Waals surface area contributed by atoms with Gasteiger partial charge in [0.05, 0.1) is 19.4 Å². The Kier molecular flexibility index (Phi) is 4.24. The zero-order valence-corrected chi connectivity index (χ0v) is 10.0. The molecule has 0 bridgehead atoms. The molecular weight excluding hydrogens is 232 g/mol. The summed E-state index contributed by atoms with van der Waals surface area (Å²) in [6.07, 6.45) is -0.621.